The summed E-state index contributed by atoms with van der Waals surface area (Å²) >= 11 is 0. The first kappa shape index (κ1) is 14.7. The Hall–Kier alpha value is -0.690. The van der Waals surface area contributed by atoms with Crippen molar-refractivity contribution in [3.8, 4) is 0 Å². The Morgan fingerprint density at radius 2 is 2.11 bits per heavy atom. The van der Waals surface area contributed by atoms with Gasteiger partial charge in [-0.3, -0.25) is 4.79 Å². The van der Waals surface area contributed by atoms with Crippen LogP contribution in [-0.2, 0) is 9.53 Å². The second-order valence-electron chi connectivity index (χ2n) is 5.60. The van der Waals surface area contributed by atoms with Gasteiger partial charge in [0.05, 0.1) is 25.7 Å². The summed E-state index contributed by atoms with van der Waals surface area (Å²) < 4.78 is 5.28. The fourth-order valence-corrected chi connectivity index (χ4v) is 2.93. The Kier molecular flexibility index (Phi) is 5.15. The number of carbonyl (C=O) groups is 1. The number of aliphatic hydroxyl groups is 1. The molecular weight excluding hydrogens is 246 g/mol. The molecule has 2 rings (SSSR count). The van der Waals surface area contributed by atoms with Crippen molar-refractivity contribution < 1.29 is 14.6 Å². The van der Waals surface area contributed by atoms with E-state index in [1.54, 1.807) is 0 Å². The van der Waals surface area contributed by atoms with Crippen molar-refractivity contribution in [3.63, 3.8) is 0 Å². The van der Waals surface area contributed by atoms with Crippen molar-refractivity contribution in [2.45, 2.75) is 24.9 Å². The van der Waals surface area contributed by atoms with Crippen LogP contribution in [0, 0.1) is 5.92 Å². The van der Waals surface area contributed by atoms with Crippen LogP contribution in [0.15, 0.2) is 0 Å². The maximum Gasteiger partial charge on any atom is 0.230 e. The number of hydrogen-bond acceptors (Lipinski definition) is 5. The summed E-state index contributed by atoms with van der Waals surface area (Å²) in [6, 6.07) is 0.0172. The van der Waals surface area contributed by atoms with Gasteiger partial charge in [-0.25, -0.2) is 0 Å². The molecule has 0 radical (unpaired) electrons. The summed E-state index contributed by atoms with van der Waals surface area (Å²) in [4.78, 5) is 16.7. The van der Waals surface area contributed by atoms with Crippen LogP contribution in [0.4, 0.5) is 0 Å². The zero-order valence-corrected chi connectivity index (χ0v) is 11.6. The van der Waals surface area contributed by atoms with Crippen LogP contribution < -0.4 is 5.73 Å². The zero-order valence-electron chi connectivity index (χ0n) is 11.6. The van der Waals surface area contributed by atoms with Crippen molar-refractivity contribution in [3.05, 3.63) is 0 Å². The third kappa shape index (κ3) is 3.45. The summed E-state index contributed by atoms with van der Waals surface area (Å²) in [5.74, 6) is -0.195. The monoisotopic (exact) mass is 271 g/mol. The van der Waals surface area contributed by atoms with Crippen LogP contribution in [-0.4, -0.2) is 79.4 Å². The summed E-state index contributed by atoms with van der Waals surface area (Å²) in [6.07, 6.45) is 1.93. The van der Waals surface area contributed by atoms with Gasteiger partial charge in [0.1, 0.15) is 0 Å². The maximum absolute atomic E-state index is 12.6. The number of likely N-dealkylation sites (tertiary alicyclic amines) is 1. The molecule has 2 fully saturated rings. The van der Waals surface area contributed by atoms with Gasteiger partial charge in [-0.15, -0.1) is 0 Å². The van der Waals surface area contributed by atoms with Crippen molar-refractivity contribution in [2.24, 2.45) is 11.7 Å². The maximum atomic E-state index is 12.6. The lowest BCUT2D eigenvalue weighted by atomic mass is 9.98. The van der Waals surface area contributed by atoms with Crippen molar-refractivity contribution in [1.82, 2.24) is 9.80 Å². The summed E-state index contributed by atoms with van der Waals surface area (Å²) in [6.45, 7) is 3.25. The van der Waals surface area contributed by atoms with Crippen molar-refractivity contribution in [1.29, 1.82) is 0 Å². The molecule has 0 bridgehead atoms. The predicted molar refractivity (Wildman–Crippen MR) is 71.6 cm³/mol. The number of carbonyl (C=O) groups excluding carboxylic acids is 1. The van der Waals surface area contributed by atoms with Gasteiger partial charge in [-0.2, -0.15) is 0 Å². The second kappa shape index (κ2) is 6.65. The molecular formula is C13H25N3O3. The van der Waals surface area contributed by atoms with E-state index < -0.39 is 0 Å². The number of nitrogens with zero attached hydrogens (tertiary/aromatic N) is 2. The van der Waals surface area contributed by atoms with E-state index in [0.717, 1.165) is 25.9 Å². The van der Waals surface area contributed by atoms with E-state index >= 15 is 0 Å². The molecule has 6 heteroatoms. The number of ether oxygens (including phenoxy) is 1. The van der Waals surface area contributed by atoms with Gasteiger partial charge in [0.25, 0.3) is 0 Å². The van der Waals surface area contributed by atoms with Crippen LogP contribution in [0.5, 0.6) is 0 Å². The molecule has 1 amide bonds. The van der Waals surface area contributed by atoms with Crippen LogP contribution in [0.2, 0.25) is 0 Å². The van der Waals surface area contributed by atoms with Gasteiger partial charge < -0.3 is 25.4 Å². The molecule has 3 N–H and O–H groups in total. The van der Waals surface area contributed by atoms with E-state index in [4.69, 9.17) is 10.5 Å². The van der Waals surface area contributed by atoms with Gasteiger partial charge in [0.15, 0.2) is 0 Å². The lowest BCUT2D eigenvalue weighted by molar-refractivity contribution is -0.139. The summed E-state index contributed by atoms with van der Waals surface area (Å²) in [5, 5.41) is 9.21. The largest absolute Gasteiger partial charge is 0.395 e. The molecule has 2 aliphatic rings. The Labute approximate surface area is 114 Å². The highest BCUT2D eigenvalue weighted by molar-refractivity contribution is 5.80. The number of aliphatic hydroxyl groups excluding tert-OH is 1. The van der Waals surface area contributed by atoms with Gasteiger partial charge in [0, 0.05) is 18.6 Å². The standard InChI is InChI=1S/C13H25N3O3/c1-15-4-2-10(3-5-15)16(6-7-17)13(18)11-8-19-9-12(11)14/h10-12,17H,2-9,14H2,1H3. The molecule has 0 spiro atoms. The molecule has 2 heterocycles. The molecule has 0 aromatic rings. The molecule has 0 aromatic carbocycles. The van der Waals surface area contributed by atoms with Crippen molar-refractivity contribution >= 4 is 5.91 Å². The summed E-state index contributed by atoms with van der Waals surface area (Å²) in [7, 11) is 2.09. The lowest BCUT2D eigenvalue weighted by Gasteiger charge is -2.38. The van der Waals surface area contributed by atoms with Crippen LogP contribution >= 0.6 is 0 Å². The van der Waals surface area contributed by atoms with Crippen LogP contribution in [0.25, 0.3) is 0 Å². The molecule has 0 aliphatic carbocycles. The highest BCUT2D eigenvalue weighted by Crippen LogP contribution is 2.21. The number of hydrogen-bond donors (Lipinski definition) is 2. The fraction of sp³-hybridized carbons (Fsp3) is 0.923. The molecule has 2 atom stereocenters. The number of nitrogens with two attached hydrogens (primary N) is 1. The molecule has 0 saturated carbocycles. The lowest BCUT2D eigenvalue weighted by Crippen LogP contribution is -2.52. The van der Waals surface area contributed by atoms with E-state index in [1.807, 2.05) is 4.90 Å². The predicted octanol–water partition coefficient (Wildman–Crippen LogP) is -1.12. The second-order valence-corrected chi connectivity index (χ2v) is 5.60. The van der Waals surface area contributed by atoms with Gasteiger partial charge in [0.2, 0.25) is 5.91 Å². The number of rotatable bonds is 4. The minimum absolute atomic E-state index is 0.000887. The molecule has 2 saturated heterocycles. The molecule has 110 valence electrons. The first-order valence-electron chi connectivity index (χ1n) is 7.06. The van der Waals surface area contributed by atoms with E-state index in [1.165, 1.54) is 0 Å². The van der Waals surface area contributed by atoms with Gasteiger partial charge >= 0.3 is 0 Å². The van der Waals surface area contributed by atoms with Crippen LogP contribution in [0.1, 0.15) is 12.8 Å². The molecule has 0 aromatic heterocycles. The average molecular weight is 271 g/mol. The minimum Gasteiger partial charge on any atom is -0.395 e. The Morgan fingerprint density at radius 1 is 1.42 bits per heavy atom. The number of piperidine rings is 1. The molecule has 2 aliphatic heterocycles. The Balaban J connectivity index is 2.00. The van der Waals surface area contributed by atoms with Crippen molar-refractivity contribution in [2.75, 3.05) is 46.5 Å². The minimum atomic E-state index is -0.244. The van der Waals surface area contributed by atoms with E-state index in [0.29, 0.717) is 19.8 Å². The number of amides is 1. The highest BCUT2D eigenvalue weighted by Gasteiger charge is 2.37. The van der Waals surface area contributed by atoms with Gasteiger partial charge in [-0.05, 0) is 33.0 Å². The third-order valence-corrected chi connectivity index (χ3v) is 4.19. The quantitative estimate of drug-likeness (QED) is 0.677. The SMILES string of the molecule is CN1CCC(N(CCO)C(=O)C2COCC2N)CC1. The average Bonchev–Trinajstić information content (AvgIpc) is 2.83. The molecule has 6 nitrogen and oxygen atoms in total. The molecule has 2 unspecified atom stereocenters. The first-order chi connectivity index (χ1) is 9.13. The van der Waals surface area contributed by atoms with Gasteiger partial charge in [-0.1, -0.05) is 0 Å². The molecule has 19 heavy (non-hydrogen) atoms. The fourth-order valence-electron chi connectivity index (χ4n) is 2.93. The Morgan fingerprint density at radius 3 is 2.63 bits per heavy atom. The van der Waals surface area contributed by atoms with Crippen LogP contribution in [0.3, 0.4) is 0 Å². The summed E-state index contributed by atoms with van der Waals surface area (Å²) in [5.41, 5.74) is 5.92. The third-order valence-electron chi connectivity index (χ3n) is 4.19. The van der Waals surface area contributed by atoms with E-state index in [9.17, 15) is 9.90 Å². The highest BCUT2D eigenvalue weighted by atomic mass is 16.5. The topological polar surface area (TPSA) is 79.0 Å². The van der Waals surface area contributed by atoms with E-state index in [2.05, 4.69) is 11.9 Å². The van der Waals surface area contributed by atoms with E-state index in [-0.39, 0.29) is 30.5 Å². The zero-order chi connectivity index (χ0) is 13.8. The smallest absolute Gasteiger partial charge is 0.230 e. The normalized spacial score (nSPS) is 29.6. The Bertz CT molecular complexity index is 306. The first-order valence-corrected chi connectivity index (χ1v) is 7.06.